The Morgan fingerprint density at radius 3 is 2.40 bits per heavy atom. The third-order valence-corrected chi connectivity index (χ3v) is 16.6. The zero-order chi connectivity index (χ0) is 50.0. The first kappa shape index (κ1) is 53.1. The summed E-state index contributed by atoms with van der Waals surface area (Å²) in [6.07, 6.45) is 4.15. The van der Waals surface area contributed by atoms with Gasteiger partial charge >= 0.3 is 29.2 Å². The number of rotatable bonds is 18. The van der Waals surface area contributed by atoms with E-state index in [2.05, 4.69) is 148 Å². The Bertz CT molecular complexity index is 2880. The van der Waals surface area contributed by atoms with Crippen molar-refractivity contribution in [2.45, 2.75) is 90.6 Å². The highest BCUT2D eigenvalue weighted by Crippen LogP contribution is 2.66. The zero-order valence-electron chi connectivity index (χ0n) is 38.6. The number of thioether (sulfide) groups is 1. The van der Waals surface area contributed by atoms with Crippen LogP contribution in [0.25, 0.3) is 0 Å². The van der Waals surface area contributed by atoms with Gasteiger partial charge in [-0.25, -0.2) is 18.5 Å². The van der Waals surface area contributed by atoms with E-state index in [-0.39, 0.29) is 41.0 Å². The van der Waals surface area contributed by atoms with Gasteiger partial charge in [-0.1, -0.05) is 61.1 Å². The summed E-state index contributed by atoms with van der Waals surface area (Å²) in [5.41, 5.74) is 7.56. The average Bonchev–Trinajstić information content (AvgIpc) is 3.77. The van der Waals surface area contributed by atoms with Crippen LogP contribution >= 0.6 is 35.2 Å². The number of anilines is 1. The lowest BCUT2D eigenvalue weighted by Crippen LogP contribution is -2.34. The molecule has 4 heterocycles. The first-order valence-corrected chi connectivity index (χ1v) is 27.2. The van der Waals surface area contributed by atoms with Gasteiger partial charge in [0.25, 0.3) is 5.56 Å². The number of amides is 1. The zero-order valence-corrected chi connectivity index (χ0v) is 42.1. The molecule has 0 bridgehead atoms. The third kappa shape index (κ3) is 12.6. The predicted octanol–water partition coefficient (Wildman–Crippen LogP) is 5.07. The molecule has 0 spiro atoms. The Morgan fingerprint density at radius 2 is 1.71 bits per heavy atom. The van der Waals surface area contributed by atoms with Crippen LogP contribution in [-0.4, -0.2) is 100 Å². The molecule has 1 fully saturated rings. The van der Waals surface area contributed by atoms with Crippen LogP contribution in [0.3, 0.4) is 0 Å². The molecule has 368 valence electrons. The number of phosphoric acid groups is 3. The van der Waals surface area contributed by atoms with Crippen molar-refractivity contribution < 1.29 is 65.6 Å². The SMILES string of the molecule is CCN1C(=CC=CC2=[N+](CCCSCC(=O)NCC#Cc3cn([C@H]4CC(O)[C@@H](COP(=O)(O)OP(=O)(O)OP(=O)(O)O)O4)c(=O)[nH]c3=O)c3ccc(C)cc3C2(C)C)C(C)(C)c2cc(C)ccc21. The smallest absolute Gasteiger partial charge is 0.390 e. The third-order valence-electron chi connectivity index (χ3n) is 11.7. The van der Waals surface area contributed by atoms with Gasteiger partial charge in [-0.15, -0.1) is 0 Å². The number of aliphatic hydroxyl groups excluding tert-OH is 1. The number of aryl methyl sites for hydroxylation is 2. The predicted molar refractivity (Wildman–Crippen MR) is 256 cm³/mol. The Kier molecular flexibility index (Phi) is 16.4. The number of aliphatic hydroxyl groups is 1. The maximum absolute atomic E-state index is 12.8. The second-order valence-electron chi connectivity index (χ2n) is 17.5. The highest BCUT2D eigenvalue weighted by Gasteiger charge is 2.45. The van der Waals surface area contributed by atoms with E-state index >= 15 is 0 Å². The van der Waals surface area contributed by atoms with Crippen LogP contribution in [0.2, 0.25) is 0 Å². The van der Waals surface area contributed by atoms with Crippen LogP contribution in [0.5, 0.6) is 0 Å². The Balaban J connectivity index is 1.02. The number of nitrogens with zero attached hydrogens (tertiary/aromatic N) is 3. The minimum atomic E-state index is -5.78. The maximum atomic E-state index is 12.8. The summed E-state index contributed by atoms with van der Waals surface area (Å²) in [7, 11) is -16.9. The normalized spacial score (nSPS) is 21.9. The van der Waals surface area contributed by atoms with E-state index in [4.69, 9.17) is 14.5 Å². The number of hydrogen-bond donors (Lipinski definition) is 7. The molecule has 1 aromatic heterocycles. The molecule has 24 heteroatoms. The van der Waals surface area contributed by atoms with Crippen LogP contribution in [0.1, 0.15) is 81.5 Å². The van der Waals surface area contributed by atoms with Gasteiger partial charge < -0.3 is 39.6 Å². The van der Waals surface area contributed by atoms with E-state index in [0.29, 0.717) is 5.75 Å². The van der Waals surface area contributed by atoms with Gasteiger partial charge in [0.1, 0.15) is 24.4 Å². The second-order valence-corrected chi connectivity index (χ2v) is 23.0. The van der Waals surface area contributed by atoms with Crippen molar-refractivity contribution in [3.63, 3.8) is 0 Å². The number of phosphoric ester groups is 1. The number of benzene rings is 2. The number of fused-ring (bicyclic) bond motifs is 2. The van der Waals surface area contributed by atoms with Gasteiger partial charge in [0.05, 0.1) is 30.4 Å². The minimum absolute atomic E-state index is 0.113. The van der Waals surface area contributed by atoms with Crippen LogP contribution < -0.4 is 21.5 Å². The van der Waals surface area contributed by atoms with Gasteiger partial charge in [0.15, 0.2) is 5.71 Å². The summed E-state index contributed by atoms with van der Waals surface area (Å²) in [4.78, 5) is 78.9. The number of hydrogen-bond acceptors (Lipinski definition) is 13. The highest BCUT2D eigenvalue weighted by atomic mass is 32.2. The molecule has 3 aliphatic rings. The molecule has 6 rings (SSSR count). The first-order valence-electron chi connectivity index (χ1n) is 21.6. The molecule has 68 heavy (non-hydrogen) atoms. The molecule has 0 saturated carbocycles. The number of nitrogens with one attached hydrogen (secondary N) is 2. The number of ether oxygens (including phenoxy) is 1. The van der Waals surface area contributed by atoms with Crippen LogP contribution in [0.15, 0.2) is 76.1 Å². The number of carbonyl (C=O) groups is 1. The highest BCUT2D eigenvalue weighted by molar-refractivity contribution is 7.99. The number of aromatic nitrogens is 2. The first-order chi connectivity index (χ1) is 31.7. The summed E-state index contributed by atoms with van der Waals surface area (Å²) in [5, 5.41) is 13.2. The van der Waals surface area contributed by atoms with E-state index in [1.165, 1.54) is 56.8 Å². The summed E-state index contributed by atoms with van der Waals surface area (Å²) in [6.45, 7) is 16.0. The van der Waals surface area contributed by atoms with Crippen LogP contribution in [0.4, 0.5) is 11.4 Å². The second kappa shape index (κ2) is 21.0. The monoisotopic (exact) mass is 1020 g/mol. The van der Waals surface area contributed by atoms with Crippen molar-refractivity contribution in [2.24, 2.45) is 0 Å². The number of carbonyl (C=O) groups excluding carboxylic acids is 1. The van der Waals surface area contributed by atoms with Crippen molar-refractivity contribution in [3.8, 4) is 11.8 Å². The Hall–Kier alpha value is -4.22. The van der Waals surface area contributed by atoms with Crippen molar-refractivity contribution in [3.05, 3.63) is 115 Å². The van der Waals surface area contributed by atoms with Gasteiger partial charge in [-0.05, 0) is 64.1 Å². The van der Waals surface area contributed by atoms with E-state index in [1.807, 2.05) is 0 Å². The fraction of sp³-hybridized carbons (Fsp3) is 0.455. The Morgan fingerprint density at radius 1 is 1.01 bits per heavy atom. The molecular weight excluding hydrogens is 963 g/mol. The lowest BCUT2D eigenvalue weighted by Gasteiger charge is -2.25. The molecule has 3 aliphatic heterocycles. The quantitative estimate of drug-likeness (QED) is 0.0379. The fourth-order valence-corrected chi connectivity index (χ4v) is 12.3. The van der Waals surface area contributed by atoms with Crippen molar-refractivity contribution in [1.82, 2.24) is 14.9 Å². The molecule has 2 aromatic carbocycles. The maximum Gasteiger partial charge on any atom is 0.490 e. The van der Waals surface area contributed by atoms with Crippen LogP contribution in [-0.2, 0) is 47.2 Å². The lowest BCUT2D eigenvalue weighted by molar-refractivity contribution is -0.437. The average molecular weight is 1020 g/mol. The summed E-state index contributed by atoms with van der Waals surface area (Å²) in [5.74, 6) is 5.90. The number of aromatic amines is 1. The summed E-state index contributed by atoms with van der Waals surface area (Å²) in [6, 6.07) is 13.3. The molecule has 0 radical (unpaired) electrons. The standard InChI is InChI=1S/C44H56N5O15P3S/c1-8-47-33-17-15-28(2)22-31(33)43(4,5)37(47)13-9-14-38-44(6,7)32-23-29(3)16-18-34(32)48(38)20-11-21-68-27-39(51)45-19-10-12-30-25-49(42(53)46-41(30)52)40-24-35(50)36(62-40)26-61-66(57,58)64-67(59,60)63-65(54,55)56/h9,13-18,22-23,25,35-36,40,50H,8,11,19-21,24,26-27H2,1-7H3,(H5-,45,46,51,52,53,54,55,56,57,58,59,60)/p+1/t35?,36-,40-/m1/s1. The van der Waals surface area contributed by atoms with E-state index < -0.39 is 59.8 Å². The minimum Gasteiger partial charge on any atom is -0.390 e. The molecule has 7 N–H and O–H groups in total. The van der Waals surface area contributed by atoms with Gasteiger partial charge in [-0.2, -0.15) is 25.0 Å². The topological polar surface area (TPSA) is 279 Å². The molecule has 1 amide bonds. The number of H-pyrrole nitrogens is 1. The number of likely N-dealkylation sites (N-methyl/N-ethyl adjacent to an activating group) is 1. The fourth-order valence-electron chi connectivity index (χ4n) is 8.51. The van der Waals surface area contributed by atoms with E-state index in [0.717, 1.165) is 30.3 Å². The molecule has 3 unspecified atom stereocenters. The van der Waals surface area contributed by atoms with Crippen molar-refractivity contribution in [1.29, 1.82) is 0 Å². The molecule has 5 atom stereocenters. The van der Waals surface area contributed by atoms with E-state index in [1.54, 1.807) is 0 Å². The molecule has 20 nitrogen and oxygen atoms in total. The van der Waals surface area contributed by atoms with Crippen LogP contribution in [0, 0.1) is 25.7 Å². The van der Waals surface area contributed by atoms with Gasteiger partial charge in [-0.3, -0.25) is 23.7 Å². The molecule has 0 aliphatic carbocycles. The molecular formula is C44H57N5O15P3S+. The van der Waals surface area contributed by atoms with E-state index in [9.17, 15) is 43.0 Å². The molecule has 3 aromatic rings. The largest absolute Gasteiger partial charge is 0.490 e. The molecule has 1 saturated heterocycles. The lowest BCUT2D eigenvalue weighted by atomic mass is 9.80. The van der Waals surface area contributed by atoms with Gasteiger partial charge in [0, 0.05) is 60.1 Å². The van der Waals surface area contributed by atoms with Crippen molar-refractivity contribution >= 4 is 58.2 Å². The number of allylic oxidation sites excluding steroid dienone is 4. The van der Waals surface area contributed by atoms with Gasteiger partial charge in [0.2, 0.25) is 11.6 Å². The van der Waals surface area contributed by atoms with Crippen molar-refractivity contribution in [2.75, 3.05) is 42.6 Å². The summed E-state index contributed by atoms with van der Waals surface area (Å²) < 4.78 is 55.2. The summed E-state index contributed by atoms with van der Waals surface area (Å²) >= 11 is 1.49. The Labute approximate surface area is 397 Å².